The molecule has 0 radical (unpaired) electrons. The fraction of sp³-hybridized carbons (Fsp3) is 0.0526. The summed E-state index contributed by atoms with van der Waals surface area (Å²) in [6.07, 6.45) is 0. The molecule has 0 spiro atoms. The number of hydrogen-bond acceptors (Lipinski definition) is 4. The second-order valence-corrected chi connectivity index (χ2v) is 6.28. The first-order valence-corrected chi connectivity index (χ1v) is 8.15. The van der Waals surface area contributed by atoms with E-state index in [2.05, 4.69) is 5.16 Å². The van der Waals surface area contributed by atoms with Crippen LogP contribution in [0.5, 0.6) is 0 Å². The predicted octanol–water partition coefficient (Wildman–Crippen LogP) is 4.89. The van der Waals surface area contributed by atoms with Gasteiger partial charge in [0.05, 0.1) is 5.56 Å². The third-order valence-electron chi connectivity index (χ3n) is 3.88. The molecule has 2 heterocycles. The molecule has 0 saturated heterocycles. The minimum Gasteiger partial charge on any atom is -0.355 e. The Balaban J connectivity index is 1.85. The highest BCUT2D eigenvalue weighted by molar-refractivity contribution is 7.16. The fourth-order valence-corrected chi connectivity index (χ4v) is 3.55. The van der Waals surface area contributed by atoms with Crippen molar-refractivity contribution < 1.29 is 4.52 Å². The topological polar surface area (TPSA) is 43.1 Å². The number of hydrogen-bond donors (Lipinski definition) is 0. The molecule has 0 aliphatic rings. The molecule has 2 aromatic carbocycles. The molecule has 112 valence electrons. The van der Waals surface area contributed by atoms with Gasteiger partial charge in [0.15, 0.2) is 11.2 Å². The van der Waals surface area contributed by atoms with E-state index in [0.29, 0.717) is 16.7 Å². The molecule has 4 aromatic rings. The molecule has 0 atom stereocenters. The Hall–Kier alpha value is -2.72. The van der Waals surface area contributed by atoms with Crippen molar-refractivity contribution >= 4 is 21.4 Å². The van der Waals surface area contributed by atoms with Crippen molar-refractivity contribution in [1.82, 2.24) is 5.16 Å². The second-order valence-electron chi connectivity index (χ2n) is 5.37. The maximum atomic E-state index is 12.7. The Morgan fingerprint density at radius 3 is 2.65 bits per heavy atom. The lowest BCUT2D eigenvalue weighted by atomic mass is 10.1. The summed E-state index contributed by atoms with van der Waals surface area (Å²) >= 11 is 1.53. The summed E-state index contributed by atoms with van der Waals surface area (Å²) in [5, 5.41) is 6.69. The van der Waals surface area contributed by atoms with Gasteiger partial charge in [-0.25, -0.2) is 0 Å². The standard InChI is InChI=1S/C19H13NO2S/c1-12-6-2-3-7-13(12)16-10-17(22-20-16)15-11-23-18-9-5-4-8-14(18)19(15)21/h2-11H,1H3. The van der Waals surface area contributed by atoms with Crippen LogP contribution >= 0.6 is 11.3 Å². The molecule has 0 amide bonds. The Labute approximate surface area is 136 Å². The van der Waals surface area contributed by atoms with Crippen LogP contribution in [0.25, 0.3) is 32.7 Å². The van der Waals surface area contributed by atoms with Crippen LogP contribution in [0.15, 0.2) is 69.3 Å². The number of benzene rings is 2. The van der Waals surface area contributed by atoms with E-state index in [1.54, 1.807) is 0 Å². The van der Waals surface area contributed by atoms with Crippen LogP contribution < -0.4 is 5.43 Å². The van der Waals surface area contributed by atoms with Crippen LogP contribution in [-0.4, -0.2) is 5.16 Å². The van der Waals surface area contributed by atoms with E-state index in [1.807, 2.05) is 66.9 Å². The summed E-state index contributed by atoms with van der Waals surface area (Å²) in [5.41, 5.74) is 3.42. The van der Waals surface area contributed by atoms with Crippen molar-refractivity contribution in [1.29, 1.82) is 0 Å². The van der Waals surface area contributed by atoms with E-state index in [9.17, 15) is 4.79 Å². The zero-order valence-corrected chi connectivity index (χ0v) is 13.3. The van der Waals surface area contributed by atoms with E-state index in [-0.39, 0.29) is 5.43 Å². The molecular weight excluding hydrogens is 306 g/mol. The molecule has 0 N–H and O–H groups in total. The van der Waals surface area contributed by atoms with Gasteiger partial charge in [-0.3, -0.25) is 4.79 Å². The monoisotopic (exact) mass is 319 g/mol. The largest absolute Gasteiger partial charge is 0.355 e. The first-order valence-electron chi connectivity index (χ1n) is 7.27. The van der Waals surface area contributed by atoms with Gasteiger partial charge in [-0.1, -0.05) is 41.6 Å². The molecular formula is C19H13NO2S. The van der Waals surface area contributed by atoms with Gasteiger partial charge >= 0.3 is 0 Å². The summed E-state index contributed by atoms with van der Waals surface area (Å²) in [7, 11) is 0. The number of aryl methyl sites for hydroxylation is 1. The van der Waals surface area contributed by atoms with Gasteiger partial charge in [0.25, 0.3) is 0 Å². The normalized spacial score (nSPS) is 11.0. The fourth-order valence-electron chi connectivity index (χ4n) is 2.64. The van der Waals surface area contributed by atoms with Crippen LogP contribution in [0.1, 0.15) is 5.56 Å². The molecule has 23 heavy (non-hydrogen) atoms. The van der Waals surface area contributed by atoms with Gasteiger partial charge in [0.1, 0.15) is 5.69 Å². The van der Waals surface area contributed by atoms with Crippen LogP contribution in [0.3, 0.4) is 0 Å². The molecule has 0 unspecified atom stereocenters. The summed E-state index contributed by atoms with van der Waals surface area (Å²) < 4.78 is 6.42. The van der Waals surface area contributed by atoms with Gasteiger partial charge < -0.3 is 4.52 Å². The molecule has 2 aromatic heterocycles. The molecule has 0 fully saturated rings. The van der Waals surface area contributed by atoms with Crippen LogP contribution in [0.2, 0.25) is 0 Å². The van der Waals surface area contributed by atoms with Crippen molar-refractivity contribution in [3.63, 3.8) is 0 Å². The lowest BCUT2D eigenvalue weighted by molar-refractivity contribution is 0.435. The molecule has 0 aliphatic carbocycles. The zero-order valence-electron chi connectivity index (χ0n) is 12.4. The predicted molar refractivity (Wildman–Crippen MR) is 93.8 cm³/mol. The van der Waals surface area contributed by atoms with Crippen molar-refractivity contribution in [2.75, 3.05) is 0 Å². The van der Waals surface area contributed by atoms with Gasteiger partial charge in [-0.2, -0.15) is 0 Å². The van der Waals surface area contributed by atoms with Crippen molar-refractivity contribution in [3.05, 3.63) is 75.8 Å². The van der Waals surface area contributed by atoms with E-state index >= 15 is 0 Å². The minimum absolute atomic E-state index is 0.0215. The first kappa shape index (κ1) is 13.9. The highest BCUT2D eigenvalue weighted by Gasteiger charge is 2.14. The van der Waals surface area contributed by atoms with Gasteiger partial charge in [0, 0.05) is 27.1 Å². The summed E-state index contributed by atoms with van der Waals surface area (Å²) in [4.78, 5) is 12.7. The van der Waals surface area contributed by atoms with Crippen molar-refractivity contribution in [2.45, 2.75) is 6.92 Å². The maximum Gasteiger partial charge on any atom is 0.199 e. The Morgan fingerprint density at radius 2 is 1.78 bits per heavy atom. The summed E-state index contributed by atoms with van der Waals surface area (Å²) in [5.74, 6) is 0.509. The van der Waals surface area contributed by atoms with Crippen LogP contribution in [0, 0.1) is 6.92 Å². The molecule has 3 nitrogen and oxygen atoms in total. The average molecular weight is 319 g/mol. The Morgan fingerprint density at radius 1 is 1.00 bits per heavy atom. The van der Waals surface area contributed by atoms with Gasteiger partial charge in [0.2, 0.25) is 0 Å². The average Bonchev–Trinajstić information content (AvgIpc) is 3.05. The highest BCUT2D eigenvalue weighted by atomic mass is 32.1. The number of fused-ring (bicyclic) bond motifs is 1. The van der Waals surface area contributed by atoms with E-state index in [0.717, 1.165) is 21.5 Å². The second kappa shape index (κ2) is 5.48. The highest BCUT2D eigenvalue weighted by Crippen LogP contribution is 2.28. The SMILES string of the molecule is Cc1ccccc1-c1cc(-c2csc3ccccc3c2=O)on1. The number of rotatable bonds is 2. The van der Waals surface area contributed by atoms with Gasteiger partial charge in [-0.05, 0) is 24.6 Å². The summed E-state index contributed by atoms with van der Waals surface area (Å²) in [6, 6.07) is 17.4. The Kier molecular flexibility index (Phi) is 3.32. The molecule has 0 saturated carbocycles. The maximum absolute atomic E-state index is 12.7. The lowest BCUT2D eigenvalue weighted by Crippen LogP contribution is -2.02. The van der Waals surface area contributed by atoms with E-state index < -0.39 is 0 Å². The third-order valence-corrected chi connectivity index (χ3v) is 4.84. The van der Waals surface area contributed by atoms with E-state index in [4.69, 9.17) is 4.52 Å². The molecule has 4 rings (SSSR count). The Bertz CT molecular complexity index is 1060. The summed E-state index contributed by atoms with van der Waals surface area (Å²) in [6.45, 7) is 2.03. The minimum atomic E-state index is -0.0215. The molecule has 0 aliphatic heterocycles. The number of aromatic nitrogens is 1. The zero-order chi connectivity index (χ0) is 15.8. The van der Waals surface area contributed by atoms with Crippen LogP contribution in [0.4, 0.5) is 0 Å². The third kappa shape index (κ3) is 2.37. The lowest BCUT2D eigenvalue weighted by Gasteiger charge is -1.99. The quantitative estimate of drug-likeness (QED) is 0.528. The van der Waals surface area contributed by atoms with Crippen molar-refractivity contribution in [3.8, 4) is 22.6 Å². The van der Waals surface area contributed by atoms with Gasteiger partial charge in [-0.15, -0.1) is 11.3 Å². The van der Waals surface area contributed by atoms with E-state index in [1.165, 1.54) is 11.3 Å². The van der Waals surface area contributed by atoms with Crippen molar-refractivity contribution in [2.24, 2.45) is 0 Å². The number of nitrogens with zero attached hydrogens (tertiary/aromatic N) is 1. The van der Waals surface area contributed by atoms with Crippen LogP contribution in [-0.2, 0) is 0 Å². The molecule has 4 heteroatoms. The molecule has 0 bridgehead atoms. The smallest absolute Gasteiger partial charge is 0.199 e. The first-order chi connectivity index (χ1) is 11.2.